The highest BCUT2D eigenvalue weighted by molar-refractivity contribution is 6.36. The number of piperazine rings is 1. The second-order valence-electron chi connectivity index (χ2n) is 11.9. The maximum atomic E-state index is 14.0. The van der Waals surface area contributed by atoms with Crippen molar-refractivity contribution < 1.29 is 14.3 Å². The van der Waals surface area contributed by atoms with Crippen molar-refractivity contribution in [1.29, 1.82) is 0 Å². The number of allylic oxidation sites excluding steroid dienone is 1. The number of nitrogens with zero attached hydrogens (tertiary/aromatic N) is 2. The van der Waals surface area contributed by atoms with Crippen molar-refractivity contribution in [3.63, 3.8) is 0 Å². The first-order chi connectivity index (χ1) is 20.8. The first-order valence-electron chi connectivity index (χ1n) is 15.3. The summed E-state index contributed by atoms with van der Waals surface area (Å²) < 4.78 is 5.60. The number of hydrogen-bond acceptors (Lipinski definition) is 6. The van der Waals surface area contributed by atoms with Crippen LogP contribution in [0, 0.1) is 11.8 Å². The molecule has 5 rings (SSSR count). The second kappa shape index (κ2) is 14.4. The molecule has 4 atom stereocenters. The van der Waals surface area contributed by atoms with Gasteiger partial charge in [-0.25, -0.2) is 0 Å². The lowest BCUT2D eigenvalue weighted by Gasteiger charge is -2.37. The van der Waals surface area contributed by atoms with Gasteiger partial charge in [0.15, 0.2) is 0 Å². The van der Waals surface area contributed by atoms with E-state index in [4.69, 9.17) is 32.9 Å². The summed E-state index contributed by atoms with van der Waals surface area (Å²) in [4.78, 5) is 34.0. The fraction of sp³-hybridized carbons (Fsp3) is 0.500. The lowest BCUT2D eigenvalue weighted by Crippen LogP contribution is -2.54. The van der Waals surface area contributed by atoms with Gasteiger partial charge in [-0.15, -0.1) is 0 Å². The minimum absolute atomic E-state index is 0.00424. The van der Waals surface area contributed by atoms with E-state index in [0.717, 1.165) is 59.8 Å². The summed E-state index contributed by atoms with van der Waals surface area (Å²) in [6.07, 6.45) is 2.89. The molecule has 0 saturated carbocycles. The fourth-order valence-corrected chi connectivity index (χ4v) is 7.50. The van der Waals surface area contributed by atoms with Crippen LogP contribution < -0.4 is 15.4 Å². The van der Waals surface area contributed by atoms with Gasteiger partial charge in [-0.05, 0) is 67.6 Å². The molecular formula is C34H42Cl2N4O3. The molecule has 3 heterocycles. The van der Waals surface area contributed by atoms with Crippen molar-refractivity contribution >= 4 is 40.6 Å². The van der Waals surface area contributed by atoms with Gasteiger partial charge in [0.25, 0.3) is 0 Å². The zero-order valence-corrected chi connectivity index (χ0v) is 26.8. The number of halogens is 2. The third-order valence-corrected chi connectivity index (χ3v) is 9.98. The molecule has 0 bridgehead atoms. The van der Waals surface area contributed by atoms with E-state index < -0.39 is 0 Å². The fourth-order valence-electron chi connectivity index (χ4n) is 6.86. The summed E-state index contributed by atoms with van der Waals surface area (Å²) >= 11 is 13.5. The van der Waals surface area contributed by atoms with Crippen LogP contribution in [0.15, 0.2) is 58.7 Å². The maximum absolute atomic E-state index is 14.0. The van der Waals surface area contributed by atoms with Gasteiger partial charge in [0.2, 0.25) is 5.91 Å². The second-order valence-corrected chi connectivity index (χ2v) is 12.7. The number of para-hydroxylation sites is 1. The Bertz CT molecular complexity index is 1380. The number of carbonyl (C=O) groups is 2. The predicted octanol–water partition coefficient (Wildman–Crippen LogP) is 5.84. The molecule has 2 aromatic carbocycles. The number of rotatable bonds is 10. The van der Waals surface area contributed by atoms with Crippen molar-refractivity contribution in [2.75, 3.05) is 39.8 Å². The van der Waals surface area contributed by atoms with Gasteiger partial charge in [-0.2, -0.15) is 0 Å². The number of carbonyl (C=O) groups excluding carboxylic acids is 2. The number of Topliss-reactive ketones (excluding diaryl/α,β-unsaturated/α-hetero) is 1. The van der Waals surface area contributed by atoms with Gasteiger partial charge in [0.1, 0.15) is 11.5 Å². The SMILES string of the molecule is COc1ccccc1CCC1=NC(CC(=O)N2CCNCC2CC(=O)C2CCNC2)=C(C)C(c2c(Cl)cccc2Cl)C1C. The number of ketones is 1. The third kappa shape index (κ3) is 7.17. The average Bonchev–Trinajstić information content (AvgIpc) is 3.55. The molecule has 3 aliphatic rings. The number of amides is 1. The quantitative estimate of drug-likeness (QED) is 0.347. The Morgan fingerprint density at radius 1 is 1.02 bits per heavy atom. The van der Waals surface area contributed by atoms with Crippen LogP contribution >= 0.6 is 23.2 Å². The molecule has 2 N–H and O–H groups in total. The van der Waals surface area contributed by atoms with Crippen LogP contribution in [0.1, 0.15) is 56.6 Å². The predicted molar refractivity (Wildman–Crippen MR) is 173 cm³/mol. The van der Waals surface area contributed by atoms with E-state index in [9.17, 15) is 9.59 Å². The van der Waals surface area contributed by atoms with Crippen LogP contribution in [0.5, 0.6) is 5.75 Å². The molecule has 230 valence electrons. The molecular weight excluding hydrogens is 583 g/mol. The van der Waals surface area contributed by atoms with Gasteiger partial charge in [0.05, 0.1) is 19.6 Å². The van der Waals surface area contributed by atoms with E-state index in [2.05, 4.69) is 30.5 Å². The summed E-state index contributed by atoms with van der Waals surface area (Å²) in [5.41, 5.74) is 4.78. The van der Waals surface area contributed by atoms with E-state index in [1.807, 2.05) is 41.3 Å². The van der Waals surface area contributed by atoms with Crippen LogP contribution in [0.3, 0.4) is 0 Å². The summed E-state index contributed by atoms with van der Waals surface area (Å²) in [6, 6.07) is 13.5. The van der Waals surface area contributed by atoms with E-state index in [1.165, 1.54) is 0 Å². The summed E-state index contributed by atoms with van der Waals surface area (Å²) in [5, 5.41) is 7.89. The van der Waals surface area contributed by atoms with Gasteiger partial charge in [-0.3, -0.25) is 14.6 Å². The van der Waals surface area contributed by atoms with Crippen molar-refractivity contribution in [1.82, 2.24) is 15.5 Å². The van der Waals surface area contributed by atoms with E-state index >= 15 is 0 Å². The molecule has 2 saturated heterocycles. The smallest absolute Gasteiger partial charge is 0.228 e. The lowest BCUT2D eigenvalue weighted by atomic mass is 9.75. The molecule has 3 aliphatic heterocycles. The molecule has 0 aliphatic carbocycles. The summed E-state index contributed by atoms with van der Waals surface area (Å²) in [6.45, 7) is 7.74. The number of benzene rings is 2. The molecule has 9 heteroatoms. The van der Waals surface area contributed by atoms with Crippen LogP contribution in [-0.4, -0.2) is 68.2 Å². The van der Waals surface area contributed by atoms with Crippen molar-refractivity contribution in [3.05, 3.63) is 74.9 Å². The number of aliphatic imine (C=N–C) groups is 1. The lowest BCUT2D eigenvalue weighted by molar-refractivity contribution is -0.135. The monoisotopic (exact) mass is 624 g/mol. The Kier molecular flexibility index (Phi) is 10.6. The highest BCUT2D eigenvalue weighted by Crippen LogP contribution is 2.45. The Balaban J connectivity index is 1.42. The third-order valence-electron chi connectivity index (χ3n) is 9.32. The average molecular weight is 626 g/mol. The summed E-state index contributed by atoms with van der Waals surface area (Å²) in [7, 11) is 1.69. The van der Waals surface area contributed by atoms with Crippen LogP contribution in [0.25, 0.3) is 0 Å². The standard InChI is InChI=1S/C34H42Cl2N4O3/c1-21-28(12-11-23-7-4-5-10-31(23)43-3)39-29(22(2)33(21)34-26(35)8-6-9-27(34)36)18-32(42)40-16-15-38-20-25(40)17-30(41)24-13-14-37-19-24/h4-10,21,24-25,33,37-38H,11-20H2,1-3H3. The van der Waals surface area contributed by atoms with E-state index in [-0.39, 0.29) is 41.9 Å². The van der Waals surface area contributed by atoms with Gasteiger partial charge in [-0.1, -0.05) is 54.4 Å². The summed E-state index contributed by atoms with van der Waals surface area (Å²) in [5.74, 6) is 1.07. The highest BCUT2D eigenvalue weighted by Gasteiger charge is 2.36. The van der Waals surface area contributed by atoms with Gasteiger partial charge < -0.3 is 20.3 Å². The van der Waals surface area contributed by atoms with Crippen molar-refractivity contribution in [2.24, 2.45) is 16.8 Å². The minimum atomic E-state index is -0.152. The van der Waals surface area contributed by atoms with E-state index in [1.54, 1.807) is 7.11 Å². The van der Waals surface area contributed by atoms with Gasteiger partial charge >= 0.3 is 0 Å². The maximum Gasteiger partial charge on any atom is 0.228 e. The molecule has 2 fully saturated rings. The normalized spacial score (nSPS) is 24.2. The Morgan fingerprint density at radius 2 is 1.77 bits per heavy atom. The Labute approximate surface area is 265 Å². The molecule has 0 aromatic heterocycles. The van der Waals surface area contributed by atoms with Crippen molar-refractivity contribution in [3.8, 4) is 5.75 Å². The number of nitrogens with one attached hydrogen (secondary N) is 2. The Morgan fingerprint density at radius 3 is 2.49 bits per heavy atom. The largest absolute Gasteiger partial charge is 0.496 e. The minimum Gasteiger partial charge on any atom is -0.496 e. The zero-order chi connectivity index (χ0) is 30.5. The highest BCUT2D eigenvalue weighted by atomic mass is 35.5. The molecule has 43 heavy (non-hydrogen) atoms. The molecule has 1 amide bonds. The van der Waals surface area contributed by atoms with Crippen molar-refractivity contribution in [2.45, 2.75) is 57.9 Å². The Hall–Kier alpha value is -2.71. The molecule has 7 nitrogen and oxygen atoms in total. The van der Waals surface area contributed by atoms with Crippen LogP contribution in [-0.2, 0) is 16.0 Å². The van der Waals surface area contributed by atoms with Gasteiger partial charge in [0, 0.05) is 71.8 Å². The topological polar surface area (TPSA) is 83.0 Å². The first-order valence-corrected chi connectivity index (χ1v) is 16.1. The number of ether oxygens (including phenoxy) is 1. The van der Waals surface area contributed by atoms with E-state index in [0.29, 0.717) is 42.5 Å². The molecule has 2 aromatic rings. The molecule has 4 unspecified atom stereocenters. The molecule has 0 radical (unpaired) electrons. The molecule has 0 spiro atoms. The number of hydrogen-bond donors (Lipinski definition) is 2. The number of aryl methyl sites for hydroxylation is 1. The van der Waals surface area contributed by atoms with Crippen LogP contribution in [0.4, 0.5) is 0 Å². The first kappa shape index (κ1) is 31.7. The van der Waals surface area contributed by atoms with Crippen LogP contribution in [0.2, 0.25) is 10.0 Å². The number of methoxy groups -OCH3 is 1. The zero-order valence-electron chi connectivity index (χ0n) is 25.3.